The second-order valence-corrected chi connectivity index (χ2v) is 6.31. The molecule has 0 bridgehead atoms. The van der Waals surface area contributed by atoms with Crippen LogP contribution in [0, 0.1) is 10.1 Å². The van der Waals surface area contributed by atoms with Gasteiger partial charge in [0, 0.05) is 17.7 Å². The van der Waals surface area contributed by atoms with E-state index in [2.05, 4.69) is 10.5 Å². The summed E-state index contributed by atoms with van der Waals surface area (Å²) in [5.74, 6) is 2.19. The molecule has 3 aromatic rings. The number of rotatable bonds is 8. The summed E-state index contributed by atoms with van der Waals surface area (Å²) in [6, 6.07) is 13.1. The SMILES string of the molecule is COc1ccc(CN/N=C/c2ccc(-c3cc([N+](=O)[O-])ccc3Cl)o2)cc1OC. The Bertz CT molecular complexity index is 1050. The minimum absolute atomic E-state index is 0.0624. The lowest BCUT2D eigenvalue weighted by molar-refractivity contribution is -0.384. The second kappa shape index (κ2) is 9.11. The summed E-state index contributed by atoms with van der Waals surface area (Å²) in [5.41, 5.74) is 4.26. The van der Waals surface area contributed by atoms with E-state index < -0.39 is 4.92 Å². The summed E-state index contributed by atoms with van der Waals surface area (Å²) in [7, 11) is 3.16. The van der Waals surface area contributed by atoms with Crippen LogP contribution in [0.2, 0.25) is 5.02 Å². The van der Waals surface area contributed by atoms with Crippen molar-refractivity contribution in [2.75, 3.05) is 14.2 Å². The standard InChI is InChI=1S/C20H18ClN3O5/c1-27-19-7-3-13(9-20(19)28-2)11-22-23-12-15-5-8-18(29-15)16-10-14(24(25)26)4-6-17(16)21/h3-10,12,22H,11H2,1-2H3/b23-12+. The van der Waals surface area contributed by atoms with E-state index in [4.69, 9.17) is 25.5 Å². The molecule has 2 aromatic carbocycles. The van der Waals surface area contributed by atoms with Gasteiger partial charge in [0.1, 0.15) is 11.5 Å². The molecule has 0 spiro atoms. The van der Waals surface area contributed by atoms with E-state index in [1.54, 1.807) is 26.4 Å². The van der Waals surface area contributed by atoms with E-state index in [0.29, 0.717) is 40.2 Å². The number of furan rings is 1. The number of methoxy groups -OCH3 is 2. The highest BCUT2D eigenvalue weighted by Crippen LogP contribution is 2.32. The largest absolute Gasteiger partial charge is 0.493 e. The molecular formula is C20H18ClN3O5. The van der Waals surface area contributed by atoms with Crippen LogP contribution in [0.15, 0.2) is 58.0 Å². The summed E-state index contributed by atoms with van der Waals surface area (Å²) in [6.07, 6.45) is 1.51. The molecule has 0 radical (unpaired) electrons. The molecule has 150 valence electrons. The van der Waals surface area contributed by atoms with Crippen molar-refractivity contribution in [3.63, 3.8) is 0 Å². The maximum atomic E-state index is 11.0. The molecule has 0 aliphatic rings. The maximum Gasteiger partial charge on any atom is 0.270 e. The number of ether oxygens (including phenoxy) is 2. The number of nitro groups is 1. The molecule has 0 saturated carbocycles. The van der Waals surface area contributed by atoms with Crippen LogP contribution in [0.25, 0.3) is 11.3 Å². The fourth-order valence-corrected chi connectivity index (χ4v) is 2.83. The first kappa shape index (κ1) is 20.2. The van der Waals surface area contributed by atoms with Gasteiger partial charge in [-0.25, -0.2) is 0 Å². The first-order chi connectivity index (χ1) is 14.0. The van der Waals surface area contributed by atoms with Crippen LogP contribution < -0.4 is 14.9 Å². The molecule has 9 heteroatoms. The van der Waals surface area contributed by atoms with Crippen LogP contribution in [0.5, 0.6) is 11.5 Å². The average molecular weight is 416 g/mol. The quantitative estimate of drug-likeness (QED) is 0.326. The smallest absolute Gasteiger partial charge is 0.270 e. The third-order valence-electron chi connectivity index (χ3n) is 4.07. The Balaban J connectivity index is 1.66. The summed E-state index contributed by atoms with van der Waals surface area (Å²) < 4.78 is 16.2. The zero-order chi connectivity index (χ0) is 20.8. The Kier molecular flexibility index (Phi) is 6.36. The van der Waals surface area contributed by atoms with Gasteiger partial charge in [0.2, 0.25) is 0 Å². The highest BCUT2D eigenvalue weighted by molar-refractivity contribution is 6.33. The molecule has 8 nitrogen and oxygen atoms in total. The van der Waals surface area contributed by atoms with Crippen molar-refractivity contribution in [3.8, 4) is 22.8 Å². The lowest BCUT2D eigenvalue weighted by Crippen LogP contribution is -2.05. The lowest BCUT2D eigenvalue weighted by Gasteiger charge is -2.09. The number of hydrogen-bond donors (Lipinski definition) is 1. The summed E-state index contributed by atoms with van der Waals surface area (Å²) in [4.78, 5) is 10.5. The molecule has 0 aliphatic heterocycles. The Morgan fingerprint density at radius 3 is 2.66 bits per heavy atom. The van der Waals surface area contributed by atoms with Gasteiger partial charge in [0.15, 0.2) is 11.5 Å². The topological polar surface area (TPSA) is 99.1 Å². The van der Waals surface area contributed by atoms with Gasteiger partial charge in [-0.1, -0.05) is 17.7 Å². The fraction of sp³-hybridized carbons (Fsp3) is 0.150. The molecule has 1 heterocycles. The van der Waals surface area contributed by atoms with E-state index >= 15 is 0 Å². The van der Waals surface area contributed by atoms with Crippen LogP contribution >= 0.6 is 11.6 Å². The Hall–Kier alpha value is -3.52. The van der Waals surface area contributed by atoms with Crippen molar-refractivity contribution in [3.05, 3.63) is 75.0 Å². The molecule has 1 aromatic heterocycles. The van der Waals surface area contributed by atoms with Gasteiger partial charge in [-0.3, -0.25) is 10.1 Å². The summed E-state index contributed by atoms with van der Waals surface area (Å²) in [6.45, 7) is 0.473. The Morgan fingerprint density at radius 1 is 1.14 bits per heavy atom. The molecule has 3 rings (SSSR count). The Labute approximate surface area is 171 Å². The number of hydrogen-bond acceptors (Lipinski definition) is 7. The summed E-state index contributed by atoms with van der Waals surface area (Å²) in [5, 5.41) is 15.4. The van der Waals surface area contributed by atoms with Gasteiger partial charge >= 0.3 is 0 Å². The molecule has 0 aliphatic carbocycles. The zero-order valence-electron chi connectivity index (χ0n) is 15.7. The van der Waals surface area contributed by atoms with Gasteiger partial charge in [-0.05, 0) is 35.9 Å². The van der Waals surface area contributed by atoms with Crippen molar-refractivity contribution < 1.29 is 18.8 Å². The number of benzene rings is 2. The van der Waals surface area contributed by atoms with Crippen molar-refractivity contribution >= 4 is 23.5 Å². The first-order valence-electron chi connectivity index (χ1n) is 8.53. The average Bonchev–Trinajstić information content (AvgIpc) is 3.19. The molecule has 1 N–H and O–H groups in total. The van der Waals surface area contributed by atoms with Gasteiger partial charge in [-0.2, -0.15) is 5.10 Å². The molecule has 0 saturated heterocycles. The third-order valence-corrected chi connectivity index (χ3v) is 4.40. The number of hydrazone groups is 1. The highest BCUT2D eigenvalue weighted by Gasteiger charge is 2.14. The minimum atomic E-state index is -0.483. The van der Waals surface area contributed by atoms with Gasteiger partial charge < -0.3 is 19.3 Å². The van der Waals surface area contributed by atoms with Crippen molar-refractivity contribution in [2.24, 2.45) is 5.10 Å². The third kappa shape index (κ3) is 4.85. The van der Waals surface area contributed by atoms with Gasteiger partial charge in [0.05, 0.1) is 36.9 Å². The predicted octanol–water partition coefficient (Wildman–Crippen LogP) is 4.65. The van der Waals surface area contributed by atoms with E-state index in [9.17, 15) is 10.1 Å². The van der Waals surface area contributed by atoms with Crippen molar-refractivity contribution in [1.82, 2.24) is 5.43 Å². The number of non-ortho nitro benzene ring substituents is 1. The van der Waals surface area contributed by atoms with Crippen molar-refractivity contribution in [2.45, 2.75) is 6.54 Å². The van der Waals surface area contributed by atoms with E-state index in [-0.39, 0.29) is 5.69 Å². The number of nitrogens with one attached hydrogen (secondary N) is 1. The molecule has 0 fully saturated rings. The van der Waals surface area contributed by atoms with Crippen LogP contribution in [-0.2, 0) is 6.54 Å². The van der Waals surface area contributed by atoms with Gasteiger partial charge in [-0.15, -0.1) is 0 Å². The van der Waals surface area contributed by atoms with Crippen LogP contribution in [0.3, 0.4) is 0 Å². The number of nitro benzene ring substituents is 1. The molecule has 0 unspecified atom stereocenters. The first-order valence-corrected chi connectivity index (χ1v) is 8.90. The molecular weight excluding hydrogens is 398 g/mol. The van der Waals surface area contributed by atoms with Crippen LogP contribution in [-0.4, -0.2) is 25.4 Å². The molecule has 0 amide bonds. The zero-order valence-corrected chi connectivity index (χ0v) is 16.5. The highest BCUT2D eigenvalue weighted by atomic mass is 35.5. The molecule has 29 heavy (non-hydrogen) atoms. The van der Waals surface area contributed by atoms with Crippen molar-refractivity contribution in [1.29, 1.82) is 0 Å². The number of halogens is 1. The van der Waals surface area contributed by atoms with E-state index in [0.717, 1.165) is 5.56 Å². The van der Waals surface area contributed by atoms with Crippen LogP contribution in [0.1, 0.15) is 11.3 Å². The number of nitrogens with zero attached hydrogens (tertiary/aromatic N) is 2. The van der Waals surface area contributed by atoms with Crippen LogP contribution in [0.4, 0.5) is 5.69 Å². The van der Waals surface area contributed by atoms with Gasteiger partial charge in [0.25, 0.3) is 5.69 Å². The Morgan fingerprint density at radius 2 is 1.93 bits per heavy atom. The van der Waals surface area contributed by atoms with E-state index in [1.165, 1.54) is 24.4 Å². The predicted molar refractivity (Wildman–Crippen MR) is 110 cm³/mol. The fourth-order valence-electron chi connectivity index (χ4n) is 2.62. The monoisotopic (exact) mass is 415 g/mol. The normalized spacial score (nSPS) is 10.9. The van der Waals surface area contributed by atoms with E-state index in [1.807, 2.05) is 18.2 Å². The molecule has 0 atom stereocenters. The minimum Gasteiger partial charge on any atom is -0.493 e. The second-order valence-electron chi connectivity index (χ2n) is 5.91. The maximum absolute atomic E-state index is 11.0. The summed E-state index contributed by atoms with van der Waals surface area (Å²) >= 11 is 6.14. The lowest BCUT2D eigenvalue weighted by atomic mass is 10.1.